The van der Waals surface area contributed by atoms with Crippen molar-refractivity contribution in [3.8, 4) is 5.75 Å². The molecular weight excluding hydrogens is 594 g/mol. The predicted octanol–water partition coefficient (Wildman–Crippen LogP) is 3.18. The highest BCUT2D eigenvalue weighted by molar-refractivity contribution is 7.88. The second-order valence-electron chi connectivity index (χ2n) is 7.83. The molecule has 0 fully saturated rings. The third kappa shape index (κ3) is 7.73. The average Bonchev–Trinajstić information content (AvgIpc) is 2.82. The first kappa shape index (κ1) is 34.4. The van der Waals surface area contributed by atoms with E-state index in [1.54, 1.807) is 13.8 Å². The first-order chi connectivity index (χ1) is 17.6. The Morgan fingerprint density at radius 2 is 1.46 bits per heavy atom. The van der Waals surface area contributed by atoms with E-state index in [0.29, 0.717) is 12.5 Å². The summed E-state index contributed by atoms with van der Waals surface area (Å²) >= 11 is 0. The van der Waals surface area contributed by atoms with E-state index in [-0.39, 0.29) is 37.9 Å². The van der Waals surface area contributed by atoms with Gasteiger partial charge in [0.25, 0.3) is 0 Å². The minimum Gasteiger partial charge on any atom is -0.463 e. The number of esters is 2. The van der Waals surface area contributed by atoms with Gasteiger partial charge in [-0.05, 0) is 37.1 Å². The Morgan fingerprint density at radius 1 is 0.923 bits per heavy atom. The van der Waals surface area contributed by atoms with Gasteiger partial charge < -0.3 is 18.4 Å². The Balaban J connectivity index is 2.81. The van der Waals surface area contributed by atoms with Crippen LogP contribution in [0.25, 0.3) is 0 Å². The van der Waals surface area contributed by atoms with E-state index < -0.39 is 59.9 Å². The highest BCUT2D eigenvalue weighted by Gasteiger charge is 2.83. The van der Waals surface area contributed by atoms with Crippen LogP contribution in [0.4, 0.5) is 26.3 Å². The summed E-state index contributed by atoms with van der Waals surface area (Å²) in [4.78, 5) is 23.6. The summed E-state index contributed by atoms with van der Waals surface area (Å²) in [5.41, 5.74) is -0.734. The van der Waals surface area contributed by atoms with Crippen LogP contribution in [0.1, 0.15) is 36.2 Å². The number of carbonyl (C=O) groups excluding carboxylic acids is 2. The van der Waals surface area contributed by atoms with Crippen molar-refractivity contribution < 1.29 is 75.7 Å². The van der Waals surface area contributed by atoms with Crippen molar-refractivity contribution in [2.24, 2.45) is 5.92 Å². The van der Waals surface area contributed by atoms with Crippen LogP contribution in [0.3, 0.4) is 0 Å². The van der Waals surface area contributed by atoms with Crippen molar-refractivity contribution in [1.82, 2.24) is 0 Å². The number of halogens is 6. The highest BCUT2D eigenvalue weighted by Crippen LogP contribution is 2.51. The lowest BCUT2D eigenvalue weighted by Crippen LogP contribution is -2.61. The van der Waals surface area contributed by atoms with Crippen molar-refractivity contribution in [3.63, 3.8) is 0 Å². The van der Waals surface area contributed by atoms with Gasteiger partial charge in [0.1, 0.15) is 19.0 Å². The zero-order valence-electron chi connectivity index (χ0n) is 20.5. The molecule has 0 bridgehead atoms. The van der Waals surface area contributed by atoms with Gasteiger partial charge in [-0.3, -0.25) is 9.35 Å². The second-order valence-corrected chi connectivity index (χ2v) is 10.9. The zero-order chi connectivity index (χ0) is 30.4. The second kappa shape index (κ2) is 12.7. The molecule has 0 saturated heterocycles. The van der Waals surface area contributed by atoms with Gasteiger partial charge in [-0.15, -0.1) is 0 Å². The summed E-state index contributed by atoms with van der Waals surface area (Å²) in [7, 11) is -14.2. The van der Waals surface area contributed by atoms with Crippen molar-refractivity contribution in [3.05, 3.63) is 29.3 Å². The zero-order valence-corrected chi connectivity index (χ0v) is 22.1. The Kier molecular flexibility index (Phi) is 11.2. The highest BCUT2D eigenvalue weighted by atomic mass is 32.2. The summed E-state index contributed by atoms with van der Waals surface area (Å²) in [5, 5.41) is -13.8. The minimum atomic E-state index is -7.19. The number of alkyl halides is 6. The molecule has 0 spiro atoms. The standard InChI is InChI=1S/C20H24F6O11S2/c1-4-12(2)16(27)35-9-7-34-8-10-36-17(28)14-5-6-15(13(3)11-14)37-39(32,33)20(25,26)18(21,22)19(23,24)38(29,30)31/h5-6,11-12H,4,7-10H2,1-3H3,(H,29,30,31). The third-order valence-corrected chi connectivity index (χ3v) is 7.11. The maximum Gasteiger partial charge on any atom is 0.450 e. The van der Waals surface area contributed by atoms with Gasteiger partial charge in [0.15, 0.2) is 0 Å². The Morgan fingerprint density at radius 3 is 1.95 bits per heavy atom. The smallest absolute Gasteiger partial charge is 0.450 e. The summed E-state index contributed by atoms with van der Waals surface area (Å²) in [6.45, 7) is 3.99. The van der Waals surface area contributed by atoms with Crippen LogP contribution in [0, 0.1) is 12.8 Å². The fourth-order valence-electron chi connectivity index (χ4n) is 2.42. The van der Waals surface area contributed by atoms with Crippen molar-refractivity contribution in [2.75, 3.05) is 26.4 Å². The van der Waals surface area contributed by atoms with E-state index in [1.807, 2.05) is 0 Å². The van der Waals surface area contributed by atoms with E-state index in [9.17, 15) is 52.8 Å². The fourth-order valence-corrected chi connectivity index (χ4v) is 3.90. The molecule has 0 aliphatic carbocycles. The maximum atomic E-state index is 13.9. The lowest BCUT2D eigenvalue weighted by atomic mass is 10.1. The van der Waals surface area contributed by atoms with Gasteiger partial charge in [0.05, 0.1) is 24.7 Å². The van der Waals surface area contributed by atoms with Crippen molar-refractivity contribution >= 4 is 32.2 Å². The molecule has 1 unspecified atom stereocenters. The van der Waals surface area contributed by atoms with Gasteiger partial charge in [0.2, 0.25) is 0 Å². The van der Waals surface area contributed by atoms with Crippen molar-refractivity contribution in [2.45, 2.75) is 43.6 Å². The molecule has 0 aliphatic heterocycles. The molecule has 0 saturated carbocycles. The molecule has 0 aromatic heterocycles. The number of carbonyl (C=O) groups is 2. The number of hydrogen-bond donors (Lipinski definition) is 1. The van der Waals surface area contributed by atoms with E-state index in [0.717, 1.165) is 19.1 Å². The molecule has 19 heteroatoms. The molecule has 224 valence electrons. The lowest BCUT2D eigenvalue weighted by molar-refractivity contribution is -0.247. The first-order valence-corrected chi connectivity index (χ1v) is 13.6. The topological polar surface area (TPSA) is 160 Å². The fraction of sp³-hybridized carbons (Fsp3) is 0.600. The van der Waals surface area contributed by atoms with Crippen molar-refractivity contribution in [1.29, 1.82) is 0 Å². The van der Waals surface area contributed by atoms with Gasteiger partial charge in [-0.1, -0.05) is 13.8 Å². The molecule has 39 heavy (non-hydrogen) atoms. The summed E-state index contributed by atoms with van der Waals surface area (Å²) < 4.78 is 153. The quantitative estimate of drug-likeness (QED) is 0.101. The van der Waals surface area contributed by atoms with Gasteiger partial charge in [0, 0.05) is 0 Å². The van der Waals surface area contributed by atoms with Gasteiger partial charge in [-0.2, -0.15) is 43.2 Å². The Hall–Kier alpha value is -2.64. The molecular formula is C20H24F6O11S2. The van der Waals surface area contributed by atoms with E-state index in [2.05, 4.69) is 4.18 Å². The number of rotatable bonds is 15. The SMILES string of the molecule is CCC(C)C(=O)OCCOCCOC(=O)c1ccc(OS(=O)(=O)C(F)(F)C(F)(F)C(F)(F)S(=O)(=O)O)c(C)c1. The number of hydrogen-bond acceptors (Lipinski definition) is 10. The molecule has 1 atom stereocenters. The van der Waals surface area contributed by atoms with Crippen LogP contribution in [-0.2, 0) is 39.2 Å². The van der Waals surface area contributed by atoms with Crippen LogP contribution in [0.15, 0.2) is 18.2 Å². The molecule has 0 amide bonds. The van der Waals surface area contributed by atoms with E-state index in [4.69, 9.17) is 18.8 Å². The molecule has 11 nitrogen and oxygen atoms in total. The van der Waals surface area contributed by atoms with Crippen LogP contribution in [-0.4, -0.2) is 76.2 Å². The number of aryl methyl sites for hydroxylation is 1. The third-order valence-electron chi connectivity index (χ3n) is 4.93. The van der Waals surface area contributed by atoms with Crippen LogP contribution in [0.2, 0.25) is 0 Å². The Labute approximate surface area is 219 Å². The predicted molar refractivity (Wildman–Crippen MR) is 119 cm³/mol. The maximum absolute atomic E-state index is 13.9. The summed E-state index contributed by atoms with van der Waals surface area (Å²) in [5.74, 6) is -9.98. The monoisotopic (exact) mass is 618 g/mol. The number of benzene rings is 1. The normalized spacial score (nSPS) is 14.0. The molecule has 1 N–H and O–H groups in total. The summed E-state index contributed by atoms with van der Waals surface area (Å²) in [6.07, 6.45) is 0.594. The summed E-state index contributed by atoms with van der Waals surface area (Å²) in [6, 6.07) is 2.13. The minimum absolute atomic E-state index is 0.000804. The van der Waals surface area contributed by atoms with Gasteiger partial charge >= 0.3 is 48.6 Å². The molecule has 1 aromatic carbocycles. The molecule has 0 heterocycles. The number of ether oxygens (including phenoxy) is 3. The van der Waals surface area contributed by atoms with Crippen LogP contribution >= 0.6 is 0 Å². The van der Waals surface area contributed by atoms with Gasteiger partial charge in [-0.25, -0.2) is 4.79 Å². The largest absolute Gasteiger partial charge is 0.463 e. The molecule has 0 radical (unpaired) electrons. The lowest BCUT2D eigenvalue weighted by Gasteiger charge is -2.29. The van der Waals surface area contributed by atoms with E-state index in [1.165, 1.54) is 0 Å². The first-order valence-electron chi connectivity index (χ1n) is 10.7. The van der Waals surface area contributed by atoms with Crippen LogP contribution in [0.5, 0.6) is 5.75 Å². The van der Waals surface area contributed by atoms with Crippen LogP contribution < -0.4 is 4.18 Å². The van der Waals surface area contributed by atoms with E-state index >= 15 is 0 Å². The molecule has 0 aliphatic rings. The molecule has 1 aromatic rings. The Bertz CT molecular complexity index is 1250. The molecule has 1 rings (SSSR count). The average molecular weight is 619 g/mol.